The number of rotatable bonds is 20. The van der Waals surface area contributed by atoms with Gasteiger partial charge in [0, 0.05) is 56.2 Å². The van der Waals surface area contributed by atoms with E-state index in [-0.39, 0.29) is 5.75 Å². The Morgan fingerprint density at radius 1 is 0.870 bits per heavy atom. The quantitative estimate of drug-likeness (QED) is 0.0732. The zero-order chi connectivity index (χ0) is 32.8. The summed E-state index contributed by atoms with van der Waals surface area (Å²) in [6.07, 6.45) is 18.7. The van der Waals surface area contributed by atoms with Crippen LogP contribution in [-0.2, 0) is 27.6 Å². The lowest BCUT2D eigenvalue weighted by molar-refractivity contribution is -0.669. The molecule has 1 atom stereocenters. The number of aryl methyl sites for hydroxylation is 1. The number of thiazole rings is 1. The van der Waals surface area contributed by atoms with Gasteiger partial charge in [-0.1, -0.05) is 82.3 Å². The summed E-state index contributed by atoms with van der Waals surface area (Å²) >= 11 is -0.204. The molecule has 1 saturated heterocycles. The molecule has 3 aromatic rings. The van der Waals surface area contributed by atoms with Gasteiger partial charge in [0.1, 0.15) is 4.70 Å². The fraction of sp³-hybridized carbons (Fsp3) is 0.583. The zero-order valence-electron chi connectivity index (χ0n) is 27.9. The molecule has 2 heterocycles. The van der Waals surface area contributed by atoms with Crippen molar-refractivity contribution in [3.63, 3.8) is 0 Å². The third kappa shape index (κ3) is 10.7. The van der Waals surface area contributed by atoms with Gasteiger partial charge in [0.2, 0.25) is 15.5 Å². The molecule has 46 heavy (non-hydrogen) atoms. The smallest absolute Gasteiger partial charge is 0.262 e. The molecule has 4 rings (SSSR count). The maximum atomic E-state index is 13.4. The molecule has 1 N–H and O–H groups in total. The van der Waals surface area contributed by atoms with Crippen molar-refractivity contribution in [3.05, 3.63) is 53.0 Å². The monoisotopic (exact) mass is 688 g/mol. The van der Waals surface area contributed by atoms with Crippen LogP contribution in [0.1, 0.15) is 108 Å². The van der Waals surface area contributed by atoms with Crippen LogP contribution in [0.4, 0.5) is 5.69 Å². The van der Waals surface area contributed by atoms with Gasteiger partial charge in [0.05, 0.1) is 4.90 Å². The van der Waals surface area contributed by atoms with Crippen molar-refractivity contribution in [1.29, 1.82) is 0 Å². The van der Waals surface area contributed by atoms with Gasteiger partial charge in [-0.15, -0.1) is 0 Å². The number of benzene rings is 2. The number of unbranched alkanes of at least 4 members (excludes halogenated alkanes) is 7. The normalized spacial score (nSPS) is 15.2. The number of hydrogen-bond donors (Lipinski definition) is 1. The number of piperidine rings is 1. The van der Waals surface area contributed by atoms with E-state index in [4.69, 9.17) is 0 Å². The topological polar surface area (TPSA) is 81.8 Å². The molecule has 0 amide bonds. The molecule has 0 saturated carbocycles. The molecule has 0 radical (unpaired) electrons. The van der Waals surface area contributed by atoms with Gasteiger partial charge >= 0.3 is 0 Å². The highest BCUT2D eigenvalue weighted by Crippen LogP contribution is 2.28. The lowest BCUT2D eigenvalue weighted by Crippen LogP contribution is -2.36. The highest BCUT2D eigenvalue weighted by Gasteiger charge is 2.28. The molecule has 1 unspecified atom stereocenters. The van der Waals surface area contributed by atoms with Crippen LogP contribution in [0.15, 0.2) is 47.4 Å². The molecule has 1 aliphatic heterocycles. The molecule has 1 fully saturated rings. The van der Waals surface area contributed by atoms with Gasteiger partial charge < -0.3 is 9.45 Å². The van der Waals surface area contributed by atoms with Gasteiger partial charge in [-0.2, -0.15) is 8.87 Å². The van der Waals surface area contributed by atoms with E-state index in [1.807, 2.05) is 12.1 Å². The predicted molar refractivity (Wildman–Crippen MR) is 195 cm³/mol. The first-order chi connectivity index (χ1) is 22.3. The first kappa shape index (κ1) is 36.7. The van der Waals surface area contributed by atoms with Crippen LogP contribution in [0.25, 0.3) is 22.4 Å². The molecule has 254 valence electrons. The fourth-order valence-electron chi connectivity index (χ4n) is 6.14. The molecule has 1 aliphatic rings. The second-order valence-electron chi connectivity index (χ2n) is 12.5. The van der Waals surface area contributed by atoms with E-state index in [1.54, 1.807) is 21.7 Å². The maximum Gasteiger partial charge on any atom is 0.262 e. The Labute approximate surface area is 284 Å². The minimum atomic E-state index is -3.53. The molecule has 2 aromatic carbocycles. The predicted octanol–water partition coefficient (Wildman–Crippen LogP) is 8.50. The first-order valence-electron chi connectivity index (χ1n) is 17.4. The number of anilines is 1. The number of nitrogens with zero attached hydrogens (tertiary/aromatic N) is 3. The second kappa shape index (κ2) is 19.0. The molecular weight excluding hydrogens is 635 g/mol. The van der Waals surface area contributed by atoms with Crippen LogP contribution >= 0.6 is 11.3 Å². The van der Waals surface area contributed by atoms with E-state index in [0.29, 0.717) is 31.0 Å². The van der Waals surface area contributed by atoms with E-state index in [2.05, 4.69) is 59.7 Å². The third-order valence-electron chi connectivity index (χ3n) is 8.85. The van der Waals surface area contributed by atoms with Crippen LogP contribution < -0.4 is 9.47 Å². The Kier molecular flexibility index (Phi) is 15.2. The van der Waals surface area contributed by atoms with E-state index in [1.165, 1.54) is 57.1 Å². The SMILES string of the molecule is CCCCCCN(CCCCCC)c1ccc(C=Cc2sc3cc(S(=O)(=O)N4CCCCC4)ccc3[n+]2CCCCS(=O)O)cc1. The zero-order valence-corrected chi connectivity index (χ0v) is 30.3. The van der Waals surface area contributed by atoms with Crippen LogP contribution in [0.2, 0.25) is 0 Å². The Hall–Kier alpha value is -2.11. The summed E-state index contributed by atoms with van der Waals surface area (Å²) in [6, 6.07) is 14.3. The van der Waals surface area contributed by atoms with Crippen LogP contribution in [-0.4, -0.2) is 53.4 Å². The molecule has 1 aromatic heterocycles. The summed E-state index contributed by atoms with van der Waals surface area (Å²) in [5.74, 6) is 0.257. The highest BCUT2D eigenvalue weighted by molar-refractivity contribution is 7.89. The van der Waals surface area contributed by atoms with Gasteiger partial charge in [-0.25, -0.2) is 12.6 Å². The van der Waals surface area contributed by atoms with Crippen molar-refractivity contribution >= 4 is 60.5 Å². The minimum Gasteiger partial charge on any atom is -0.372 e. The Morgan fingerprint density at radius 2 is 1.54 bits per heavy atom. The summed E-state index contributed by atoms with van der Waals surface area (Å²) in [6.45, 7) is 8.57. The summed E-state index contributed by atoms with van der Waals surface area (Å²) in [7, 11) is -3.53. The second-order valence-corrected chi connectivity index (χ2v) is 16.5. The largest absolute Gasteiger partial charge is 0.372 e. The highest BCUT2D eigenvalue weighted by atomic mass is 32.2. The van der Waals surface area contributed by atoms with Gasteiger partial charge in [0.15, 0.2) is 17.6 Å². The average molecular weight is 689 g/mol. The molecule has 10 heteroatoms. The molecule has 7 nitrogen and oxygen atoms in total. The van der Waals surface area contributed by atoms with Crippen molar-refractivity contribution in [2.24, 2.45) is 0 Å². The van der Waals surface area contributed by atoms with Crippen molar-refractivity contribution in [2.45, 2.75) is 109 Å². The van der Waals surface area contributed by atoms with Gasteiger partial charge in [0.25, 0.3) is 5.01 Å². The number of hydrogen-bond acceptors (Lipinski definition) is 5. The average Bonchev–Trinajstić information content (AvgIpc) is 3.42. The fourth-order valence-corrected chi connectivity index (χ4v) is 9.34. The summed E-state index contributed by atoms with van der Waals surface area (Å²) in [5, 5.41) is 1.03. The first-order valence-corrected chi connectivity index (χ1v) is 20.9. The van der Waals surface area contributed by atoms with Crippen molar-refractivity contribution in [2.75, 3.05) is 36.8 Å². The van der Waals surface area contributed by atoms with E-state index in [0.717, 1.165) is 59.6 Å². The standard InChI is InChI=1S/C36H53N3O4S3/c1-3-5-7-10-24-37(25-11-8-6-4-2)32-19-16-31(17-20-32)18-23-36-39(28-14-15-29-45(40)41)34-22-21-33(30-35(34)44-36)46(42,43)38-26-12-9-13-27-38/h16-23,30H,3-15,24-29H2,1-2H3/p+1. The number of fused-ring (bicyclic) bond motifs is 1. The van der Waals surface area contributed by atoms with Gasteiger partial charge in [-0.05, 0) is 68.0 Å². The molecular formula is C36H54N3O4S3+. The Morgan fingerprint density at radius 3 is 2.17 bits per heavy atom. The van der Waals surface area contributed by atoms with Crippen LogP contribution in [0.3, 0.4) is 0 Å². The van der Waals surface area contributed by atoms with Crippen molar-refractivity contribution < 1.29 is 21.7 Å². The molecule has 0 spiro atoms. The maximum absolute atomic E-state index is 13.4. The summed E-state index contributed by atoms with van der Waals surface area (Å²) < 4.78 is 52.0. The summed E-state index contributed by atoms with van der Waals surface area (Å²) in [5.41, 5.74) is 3.39. The molecule has 0 bridgehead atoms. The minimum absolute atomic E-state index is 0.257. The van der Waals surface area contributed by atoms with E-state index < -0.39 is 21.1 Å². The molecule has 0 aliphatic carbocycles. The van der Waals surface area contributed by atoms with Crippen LogP contribution in [0.5, 0.6) is 0 Å². The Balaban J connectivity index is 1.55. The van der Waals surface area contributed by atoms with E-state index >= 15 is 0 Å². The Bertz CT molecular complexity index is 1500. The lowest BCUT2D eigenvalue weighted by Gasteiger charge is -2.25. The lowest BCUT2D eigenvalue weighted by atomic mass is 10.1. The summed E-state index contributed by atoms with van der Waals surface area (Å²) in [4.78, 5) is 2.90. The van der Waals surface area contributed by atoms with Crippen molar-refractivity contribution in [3.8, 4) is 0 Å². The number of aromatic nitrogens is 1. The van der Waals surface area contributed by atoms with Gasteiger partial charge in [-0.3, -0.25) is 0 Å². The van der Waals surface area contributed by atoms with Crippen LogP contribution in [0, 0.1) is 0 Å². The third-order valence-corrected chi connectivity index (χ3v) is 12.5. The van der Waals surface area contributed by atoms with Crippen molar-refractivity contribution in [1.82, 2.24) is 4.31 Å². The van der Waals surface area contributed by atoms with E-state index in [9.17, 15) is 17.2 Å². The number of sulfonamides is 1.